The number of nitrogens with one attached hydrogen (secondary N) is 2. The van der Waals surface area contributed by atoms with Crippen LogP contribution in [-0.4, -0.2) is 34.6 Å². The fourth-order valence-electron chi connectivity index (χ4n) is 3.06. The zero-order valence-electron chi connectivity index (χ0n) is 17.0. The Labute approximate surface area is 171 Å². The van der Waals surface area contributed by atoms with Crippen LogP contribution in [0, 0.1) is 6.92 Å². The van der Waals surface area contributed by atoms with Crippen LogP contribution in [0.1, 0.15) is 47.3 Å². The van der Waals surface area contributed by atoms with Crippen molar-refractivity contribution in [3.63, 3.8) is 0 Å². The van der Waals surface area contributed by atoms with Gasteiger partial charge in [-0.25, -0.2) is 13.1 Å². The van der Waals surface area contributed by atoms with Crippen molar-refractivity contribution in [2.24, 2.45) is 0 Å². The predicted octanol–water partition coefficient (Wildman–Crippen LogP) is 2.94. The van der Waals surface area contributed by atoms with Crippen molar-refractivity contribution >= 4 is 15.9 Å². The number of carbonyl (C=O) groups is 1. The standard InChI is InChI=1S/C21H26N2O5S/c1-13-5-9-18(27-3)17(11-13)14(2)22-21(24)15-6-10-19(28-4)20(12-15)29(25,26)23-16-7-8-16/h5-6,9-12,14,16,23H,7-8H2,1-4H3,(H,22,24). The quantitative estimate of drug-likeness (QED) is 0.687. The molecule has 1 aliphatic carbocycles. The monoisotopic (exact) mass is 418 g/mol. The molecular formula is C21H26N2O5S. The van der Waals surface area contributed by atoms with E-state index in [1.807, 2.05) is 32.0 Å². The average molecular weight is 419 g/mol. The molecule has 2 aromatic rings. The van der Waals surface area contributed by atoms with E-state index in [-0.39, 0.29) is 34.2 Å². The molecule has 29 heavy (non-hydrogen) atoms. The fraction of sp³-hybridized carbons (Fsp3) is 0.381. The van der Waals surface area contributed by atoms with Gasteiger partial charge < -0.3 is 14.8 Å². The van der Waals surface area contributed by atoms with Crippen LogP contribution in [0.5, 0.6) is 11.5 Å². The second-order valence-electron chi connectivity index (χ2n) is 7.20. The summed E-state index contributed by atoms with van der Waals surface area (Å²) in [7, 11) is -0.788. The molecule has 1 unspecified atom stereocenters. The Balaban J connectivity index is 1.86. The minimum Gasteiger partial charge on any atom is -0.496 e. The van der Waals surface area contributed by atoms with E-state index in [0.29, 0.717) is 5.75 Å². The first-order valence-electron chi connectivity index (χ1n) is 9.41. The van der Waals surface area contributed by atoms with Gasteiger partial charge >= 0.3 is 0 Å². The zero-order chi connectivity index (χ0) is 21.2. The second-order valence-corrected chi connectivity index (χ2v) is 8.88. The highest BCUT2D eigenvalue weighted by Crippen LogP contribution is 2.29. The molecule has 0 heterocycles. The minimum atomic E-state index is -3.77. The van der Waals surface area contributed by atoms with Gasteiger partial charge in [0, 0.05) is 17.2 Å². The number of carbonyl (C=O) groups excluding carboxylic acids is 1. The van der Waals surface area contributed by atoms with Gasteiger partial charge in [-0.2, -0.15) is 0 Å². The summed E-state index contributed by atoms with van der Waals surface area (Å²) >= 11 is 0. The summed E-state index contributed by atoms with van der Waals surface area (Å²) in [5, 5.41) is 2.91. The maximum Gasteiger partial charge on any atom is 0.251 e. The van der Waals surface area contributed by atoms with Gasteiger partial charge in [-0.1, -0.05) is 17.7 Å². The number of benzene rings is 2. The summed E-state index contributed by atoms with van der Waals surface area (Å²) in [5.41, 5.74) is 2.13. The van der Waals surface area contributed by atoms with Crippen LogP contribution in [0.3, 0.4) is 0 Å². The molecule has 0 radical (unpaired) electrons. The Morgan fingerprint density at radius 1 is 1.07 bits per heavy atom. The van der Waals surface area contributed by atoms with E-state index in [1.54, 1.807) is 13.2 Å². The lowest BCUT2D eigenvalue weighted by Gasteiger charge is -2.18. The number of hydrogen-bond acceptors (Lipinski definition) is 5. The number of sulfonamides is 1. The van der Waals surface area contributed by atoms with Crippen LogP contribution in [-0.2, 0) is 10.0 Å². The number of hydrogen-bond donors (Lipinski definition) is 2. The summed E-state index contributed by atoms with van der Waals surface area (Å²) in [6.45, 7) is 3.82. The number of rotatable bonds is 8. The van der Waals surface area contributed by atoms with E-state index < -0.39 is 10.0 Å². The minimum absolute atomic E-state index is 0.0414. The highest BCUT2D eigenvalue weighted by molar-refractivity contribution is 7.89. The van der Waals surface area contributed by atoms with Crippen LogP contribution in [0.25, 0.3) is 0 Å². The molecule has 1 aliphatic rings. The van der Waals surface area contributed by atoms with Crippen LogP contribution in [0.15, 0.2) is 41.3 Å². The van der Waals surface area contributed by atoms with Crippen molar-refractivity contribution < 1.29 is 22.7 Å². The van der Waals surface area contributed by atoms with Crippen molar-refractivity contribution in [3.8, 4) is 11.5 Å². The molecule has 0 bridgehead atoms. The van der Waals surface area contributed by atoms with Crippen LogP contribution < -0.4 is 19.5 Å². The lowest BCUT2D eigenvalue weighted by Crippen LogP contribution is -2.29. The molecule has 7 nitrogen and oxygen atoms in total. The van der Waals surface area contributed by atoms with Crippen molar-refractivity contribution in [3.05, 3.63) is 53.1 Å². The molecule has 3 rings (SSSR count). The third-order valence-electron chi connectivity index (χ3n) is 4.81. The molecule has 1 saturated carbocycles. The van der Waals surface area contributed by atoms with Crippen LogP contribution in [0.4, 0.5) is 0 Å². The summed E-state index contributed by atoms with van der Waals surface area (Å²) < 4.78 is 38.5. The van der Waals surface area contributed by atoms with Gasteiger partial charge in [0.25, 0.3) is 5.91 Å². The van der Waals surface area contributed by atoms with Gasteiger partial charge in [0.15, 0.2) is 0 Å². The molecule has 8 heteroatoms. The number of methoxy groups -OCH3 is 2. The van der Waals surface area contributed by atoms with E-state index in [1.165, 1.54) is 19.2 Å². The smallest absolute Gasteiger partial charge is 0.251 e. The molecule has 1 fully saturated rings. The SMILES string of the molecule is COc1ccc(C)cc1C(C)NC(=O)c1ccc(OC)c(S(=O)(=O)NC2CC2)c1. The van der Waals surface area contributed by atoms with Crippen molar-refractivity contribution in [2.45, 2.75) is 43.7 Å². The van der Waals surface area contributed by atoms with Gasteiger partial charge in [0.05, 0.1) is 20.3 Å². The van der Waals surface area contributed by atoms with Crippen molar-refractivity contribution in [1.82, 2.24) is 10.0 Å². The van der Waals surface area contributed by atoms with Crippen molar-refractivity contribution in [1.29, 1.82) is 0 Å². The highest BCUT2D eigenvalue weighted by Gasteiger charge is 2.30. The first kappa shape index (κ1) is 21.1. The molecule has 0 aromatic heterocycles. The summed E-state index contributed by atoms with van der Waals surface area (Å²) in [6.07, 6.45) is 1.63. The molecule has 0 spiro atoms. The van der Waals surface area contributed by atoms with Crippen molar-refractivity contribution in [2.75, 3.05) is 14.2 Å². The zero-order valence-corrected chi connectivity index (χ0v) is 17.8. The first-order valence-corrected chi connectivity index (χ1v) is 10.9. The lowest BCUT2D eigenvalue weighted by atomic mass is 10.0. The topological polar surface area (TPSA) is 93.7 Å². The van der Waals surface area contributed by atoms with Gasteiger partial charge in [0.2, 0.25) is 10.0 Å². The highest BCUT2D eigenvalue weighted by atomic mass is 32.2. The predicted molar refractivity (Wildman–Crippen MR) is 110 cm³/mol. The summed E-state index contributed by atoms with van der Waals surface area (Å²) in [5.74, 6) is 0.490. The third kappa shape index (κ3) is 4.89. The number of ether oxygens (including phenoxy) is 2. The molecule has 156 valence electrons. The van der Waals surface area contributed by atoms with Crippen LogP contribution in [0.2, 0.25) is 0 Å². The van der Waals surface area contributed by atoms with Crippen LogP contribution >= 0.6 is 0 Å². The number of aryl methyl sites for hydroxylation is 1. The molecule has 0 aliphatic heterocycles. The Kier molecular flexibility index (Phi) is 6.14. The van der Waals surface area contributed by atoms with Gasteiger partial charge in [-0.05, 0) is 51.0 Å². The molecular weight excluding hydrogens is 392 g/mol. The third-order valence-corrected chi connectivity index (χ3v) is 6.36. The summed E-state index contributed by atoms with van der Waals surface area (Å²) in [6, 6.07) is 9.75. The Morgan fingerprint density at radius 3 is 2.34 bits per heavy atom. The lowest BCUT2D eigenvalue weighted by molar-refractivity contribution is 0.0939. The van der Waals surface area contributed by atoms with Gasteiger partial charge in [-0.15, -0.1) is 0 Å². The summed E-state index contributed by atoms with van der Waals surface area (Å²) in [4.78, 5) is 12.8. The Morgan fingerprint density at radius 2 is 1.72 bits per heavy atom. The normalized spacial score (nSPS) is 14.9. The molecule has 1 atom stereocenters. The molecule has 2 N–H and O–H groups in total. The average Bonchev–Trinajstić information content (AvgIpc) is 3.50. The molecule has 1 amide bonds. The van der Waals surface area contributed by atoms with Gasteiger partial charge in [0.1, 0.15) is 16.4 Å². The van der Waals surface area contributed by atoms with E-state index in [4.69, 9.17) is 9.47 Å². The maximum atomic E-state index is 12.8. The van der Waals surface area contributed by atoms with E-state index >= 15 is 0 Å². The molecule has 2 aromatic carbocycles. The van der Waals surface area contributed by atoms with E-state index in [2.05, 4.69) is 10.0 Å². The Hall–Kier alpha value is -2.58. The number of amides is 1. The molecule has 0 saturated heterocycles. The largest absolute Gasteiger partial charge is 0.496 e. The second kappa shape index (κ2) is 8.42. The fourth-order valence-corrected chi connectivity index (χ4v) is 4.56. The Bertz CT molecular complexity index is 1020. The van der Waals surface area contributed by atoms with E-state index in [9.17, 15) is 13.2 Å². The maximum absolute atomic E-state index is 12.8. The van der Waals surface area contributed by atoms with E-state index in [0.717, 1.165) is 24.0 Å². The van der Waals surface area contributed by atoms with Gasteiger partial charge in [-0.3, -0.25) is 4.79 Å². The first-order chi connectivity index (χ1) is 13.7.